The smallest absolute Gasteiger partial charge is 0.264 e. The van der Waals surface area contributed by atoms with Gasteiger partial charge in [0.05, 0.1) is 56.4 Å². The second kappa shape index (κ2) is 22.6. The van der Waals surface area contributed by atoms with Gasteiger partial charge in [-0.3, -0.25) is 13.4 Å². The monoisotopic (exact) mass is 980 g/mol. The van der Waals surface area contributed by atoms with E-state index in [0.717, 1.165) is 23.6 Å². The molecule has 7 rings (SSSR count). The number of carbonyl (C=O) groups is 1. The molecule has 3 heterocycles. The number of fused-ring (bicyclic) bond motifs is 1. The molecule has 21 heteroatoms. The predicted octanol–water partition coefficient (Wildman–Crippen LogP) is 6.01. The molecule has 0 aliphatic rings. The number of halogens is 2. The van der Waals surface area contributed by atoms with E-state index in [1.807, 2.05) is 75.6 Å². The lowest BCUT2D eigenvalue weighted by molar-refractivity contribution is -0.696. The second-order valence-electron chi connectivity index (χ2n) is 14.3. The molecule has 0 saturated carbocycles. The van der Waals surface area contributed by atoms with Crippen molar-refractivity contribution in [2.24, 2.45) is 7.05 Å². The Morgan fingerprint density at radius 2 is 1.17 bits per heavy atom. The highest BCUT2D eigenvalue weighted by molar-refractivity contribution is 8.26. The van der Waals surface area contributed by atoms with E-state index in [1.54, 1.807) is 93.2 Å². The van der Waals surface area contributed by atoms with Crippen LogP contribution in [0.15, 0.2) is 156 Å². The Labute approximate surface area is 390 Å². The summed E-state index contributed by atoms with van der Waals surface area (Å²) in [6.45, 7) is 1.22. The molecule has 0 aliphatic heterocycles. The number of aryl methyl sites for hydroxylation is 4. The zero-order chi connectivity index (χ0) is 47.3. The molecule has 1 amide bonds. The molecule has 0 atom stereocenters. The summed E-state index contributed by atoms with van der Waals surface area (Å²) in [5.74, 6) is 0.659. The first kappa shape index (κ1) is 49.8. The van der Waals surface area contributed by atoms with E-state index >= 15 is 0 Å². The zero-order valence-electron chi connectivity index (χ0n) is 36.0. The van der Waals surface area contributed by atoms with Gasteiger partial charge in [-0.25, -0.2) is 35.2 Å². The SMILES string of the molecule is CN(c1ccccc1)S(=O)(=O)c1ccc2c(c1)nc(CC[n+]1ccc(N)cc1)n2C.CNc1ccc(S(=O)(=O)N(C)c2ccccc2)cc1NC(=O)CC[n+]1ccc(N)cc1.O=S(Cl)Cl. The standard InChI is InChI=1S/C22H25N5O3S.C22H23N5O2S.Cl2OS/c1-24-20-9-8-19(31(29,30)26(2)18-6-4-3-5-7-18)16-21(20)25-22(28)12-15-27-13-10-17(23)11-14-27;1-25-21-9-8-19(30(28,29)26(2)18-6-4-3-5-7-18)16-20(21)24-22(25)12-15-27-13-10-17(23)11-14-27;1-4(2)3/h3-11,13-14,16,23-24H,12,15H2,1-2H3,(H,25,28);3-11,13-14,16,23H,12,15H2,1-2H3;/p+2. The molecule has 65 heavy (non-hydrogen) atoms. The van der Waals surface area contributed by atoms with Crippen LogP contribution in [0.3, 0.4) is 0 Å². The van der Waals surface area contributed by atoms with Gasteiger partial charge in [0, 0.05) is 85.2 Å². The van der Waals surface area contributed by atoms with Gasteiger partial charge in [0.15, 0.2) is 37.9 Å². The second-order valence-corrected chi connectivity index (χ2v) is 20.7. The number of pyridine rings is 2. The number of imidazole rings is 1. The Morgan fingerprint density at radius 1 is 0.708 bits per heavy atom. The molecule has 0 unspecified atom stereocenters. The van der Waals surface area contributed by atoms with Crippen LogP contribution in [0.25, 0.3) is 11.0 Å². The quantitative estimate of drug-likeness (QED) is 0.0737. The minimum Gasteiger partial charge on any atom is -0.398 e. The molecule has 0 fully saturated rings. The van der Waals surface area contributed by atoms with Crippen LogP contribution in [0.5, 0.6) is 0 Å². The van der Waals surface area contributed by atoms with Crippen LogP contribution in [0.2, 0.25) is 0 Å². The summed E-state index contributed by atoms with van der Waals surface area (Å²) in [7, 11) is 6.59. The third kappa shape index (κ3) is 13.4. The number of benzene rings is 4. The van der Waals surface area contributed by atoms with Gasteiger partial charge in [-0.05, 0) is 60.7 Å². The zero-order valence-corrected chi connectivity index (χ0v) is 39.9. The molecule has 0 bridgehead atoms. The van der Waals surface area contributed by atoms with Gasteiger partial charge in [0.2, 0.25) is 15.1 Å². The highest BCUT2D eigenvalue weighted by Crippen LogP contribution is 2.29. The van der Waals surface area contributed by atoms with Crippen molar-refractivity contribution in [3.05, 3.63) is 152 Å². The van der Waals surface area contributed by atoms with Gasteiger partial charge in [0.1, 0.15) is 5.82 Å². The van der Waals surface area contributed by atoms with Crippen LogP contribution < -0.4 is 39.8 Å². The van der Waals surface area contributed by atoms with Crippen LogP contribution >= 0.6 is 21.4 Å². The lowest BCUT2D eigenvalue weighted by Gasteiger charge is -2.20. The van der Waals surface area contributed by atoms with Gasteiger partial charge < -0.3 is 26.7 Å². The van der Waals surface area contributed by atoms with Crippen molar-refractivity contribution >= 4 is 102 Å². The lowest BCUT2D eigenvalue weighted by Crippen LogP contribution is -2.34. The number of sulfonamides is 2. The summed E-state index contributed by atoms with van der Waals surface area (Å²) >= 11 is 0. The molecule has 0 aliphatic carbocycles. The van der Waals surface area contributed by atoms with Crippen molar-refractivity contribution < 1.29 is 35.0 Å². The summed E-state index contributed by atoms with van der Waals surface area (Å²) in [5, 5.41) is 5.79. The number of carbonyl (C=O) groups excluding carboxylic acids is 1. The molecule has 6 N–H and O–H groups in total. The number of amides is 1. The maximum atomic E-state index is 13.1. The first-order chi connectivity index (χ1) is 30.9. The average molecular weight is 982 g/mol. The molecular formula is C44H50Cl2N10O6S3+2. The lowest BCUT2D eigenvalue weighted by atomic mass is 10.2. The predicted molar refractivity (Wildman–Crippen MR) is 260 cm³/mol. The number of nitrogens with one attached hydrogen (secondary N) is 2. The molecular weight excluding hydrogens is 932 g/mol. The Kier molecular flexibility index (Phi) is 17.3. The van der Waals surface area contributed by atoms with Crippen molar-refractivity contribution in [2.75, 3.05) is 51.9 Å². The average Bonchev–Trinajstić information content (AvgIpc) is 3.62. The number of aromatic nitrogens is 4. The van der Waals surface area contributed by atoms with Crippen molar-refractivity contribution in [1.29, 1.82) is 0 Å². The van der Waals surface area contributed by atoms with Gasteiger partial charge in [-0.15, -0.1) is 0 Å². The maximum absolute atomic E-state index is 13.1. The Morgan fingerprint density at radius 3 is 1.66 bits per heavy atom. The summed E-state index contributed by atoms with van der Waals surface area (Å²) < 4.78 is 69.8. The minimum atomic E-state index is -3.80. The van der Waals surface area contributed by atoms with Crippen LogP contribution in [-0.4, -0.2) is 57.6 Å². The number of para-hydroxylation sites is 2. The van der Waals surface area contributed by atoms with Crippen LogP contribution in [0.4, 0.5) is 34.1 Å². The molecule has 342 valence electrons. The van der Waals surface area contributed by atoms with Crippen molar-refractivity contribution in [3.63, 3.8) is 0 Å². The highest BCUT2D eigenvalue weighted by atomic mass is 36.0. The van der Waals surface area contributed by atoms with Gasteiger partial charge >= 0.3 is 0 Å². The highest BCUT2D eigenvalue weighted by Gasteiger charge is 2.24. The molecule has 0 radical (unpaired) electrons. The summed E-state index contributed by atoms with van der Waals surface area (Å²) in [6, 6.07) is 34.8. The van der Waals surface area contributed by atoms with Crippen molar-refractivity contribution in [2.45, 2.75) is 35.7 Å². The number of anilines is 6. The van der Waals surface area contributed by atoms with Crippen LogP contribution in [0, 0.1) is 0 Å². The van der Waals surface area contributed by atoms with E-state index in [2.05, 4.69) is 32.0 Å². The van der Waals surface area contributed by atoms with E-state index in [-0.39, 0.29) is 22.1 Å². The number of hydrogen-bond donors (Lipinski definition) is 4. The fraction of sp³-hybridized carbons (Fsp3) is 0.182. The number of hydrogen-bond acceptors (Lipinski definition) is 10. The summed E-state index contributed by atoms with van der Waals surface area (Å²) in [6.07, 6.45) is 8.40. The number of nitrogens with zero attached hydrogens (tertiary/aromatic N) is 6. The molecule has 0 spiro atoms. The Bertz CT molecular complexity index is 2950. The topological polar surface area (TPSA) is 211 Å². The number of rotatable bonds is 14. The fourth-order valence-electron chi connectivity index (χ4n) is 6.40. The van der Waals surface area contributed by atoms with Crippen LogP contribution in [0.1, 0.15) is 12.2 Å². The van der Waals surface area contributed by atoms with E-state index in [0.29, 0.717) is 46.9 Å². The van der Waals surface area contributed by atoms with E-state index in [9.17, 15) is 21.6 Å². The van der Waals surface area contributed by atoms with Crippen molar-refractivity contribution in [3.8, 4) is 0 Å². The van der Waals surface area contributed by atoms with E-state index in [4.69, 9.17) is 20.7 Å². The van der Waals surface area contributed by atoms with Gasteiger partial charge in [0.25, 0.3) is 20.0 Å². The number of nitrogen functional groups attached to an aromatic ring is 2. The van der Waals surface area contributed by atoms with Crippen LogP contribution in [-0.2, 0) is 60.6 Å². The molecule has 16 nitrogen and oxygen atoms in total. The third-order valence-electron chi connectivity index (χ3n) is 10.1. The molecule has 3 aromatic heterocycles. The van der Waals surface area contributed by atoms with Gasteiger partial charge in [-0.2, -0.15) is 0 Å². The summed E-state index contributed by atoms with van der Waals surface area (Å²) in [4.78, 5) is 17.5. The fourth-order valence-corrected chi connectivity index (χ4v) is 8.84. The Balaban J connectivity index is 0.000000226. The Hall–Kier alpha value is -6.25. The van der Waals surface area contributed by atoms with E-state index in [1.165, 1.54) is 27.8 Å². The molecule has 0 saturated heterocycles. The largest absolute Gasteiger partial charge is 0.398 e. The molecule has 4 aromatic carbocycles. The number of nitrogens with two attached hydrogens (primary N) is 2. The maximum Gasteiger partial charge on any atom is 0.264 e. The van der Waals surface area contributed by atoms with Crippen molar-refractivity contribution in [1.82, 2.24) is 9.55 Å². The summed E-state index contributed by atoms with van der Waals surface area (Å²) in [5.41, 5.74) is 16.5. The minimum absolute atomic E-state index is 0.0843. The van der Waals surface area contributed by atoms with E-state index < -0.39 is 29.3 Å². The first-order valence-electron chi connectivity index (χ1n) is 19.8. The van der Waals surface area contributed by atoms with Gasteiger partial charge in [-0.1, -0.05) is 36.4 Å². The molecule has 7 aromatic rings. The normalized spacial score (nSPS) is 11.2. The third-order valence-corrected chi connectivity index (χ3v) is 13.6. The first-order valence-corrected chi connectivity index (χ1v) is 25.5.